The van der Waals surface area contributed by atoms with E-state index in [-0.39, 0.29) is 36.2 Å². The fraction of sp³-hybridized carbons (Fsp3) is 0.550. The van der Waals surface area contributed by atoms with Crippen LogP contribution in [-0.4, -0.2) is 31.0 Å². The standard InChI is InChI=1S/C20H29N3O4.ClH/c1-2-26-18(24)12-7-14-5-10-17(11-6-14)27-19(25)16-8-3-15(4-9-16)13-23-20(21)22;/h5-6,10-11,15-16H,2-4,7-9,12-13H2,1H3,(H4,21,22,23);1H/t15-,16-;. The predicted octanol–water partition coefficient (Wildman–Crippen LogP) is 2.80. The highest BCUT2D eigenvalue weighted by Gasteiger charge is 2.27. The third kappa shape index (κ3) is 8.17. The molecule has 1 fully saturated rings. The van der Waals surface area contributed by atoms with Gasteiger partial charge in [-0.25, -0.2) is 0 Å². The maximum absolute atomic E-state index is 12.4. The smallest absolute Gasteiger partial charge is 0.314 e. The van der Waals surface area contributed by atoms with Crippen molar-refractivity contribution in [3.8, 4) is 5.75 Å². The molecule has 1 aliphatic rings. The first-order valence-electron chi connectivity index (χ1n) is 9.52. The number of aryl methyl sites for hydroxylation is 1. The lowest BCUT2D eigenvalue weighted by molar-refractivity contribution is -0.143. The van der Waals surface area contributed by atoms with Crippen LogP contribution in [0.15, 0.2) is 24.3 Å². The number of benzene rings is 1. The van der Waals surface area contributed by atoms with Gasteiger partial charge in [-0.3, -0.25) is 15.0 Å². The summed E-state index contributed by atoms with van der Waals surface area (Å²) in [5.74, 6) is 0.482. The van der Waals surface area contributed by atoms with Gasteiger partial charge in [0.25, 0.3) is 0 Å². The summed E-state index contributed by atoms with van der Waals surface area (Å²) in [7, 11) is 0. The number of ether oxygens (including phenoxy) is 2. The highest BCUT2D eigenvalue weighted by molar-refractivity contribution is 5.85. The SMILES string of the molecule is CCOC(=O)CCc1ccc(OC(=O)[C@H]2CC[C@H](CNC(=N)N)CC2)cc1.Cl. The van der Waals surface area contributed by atoms with Crippen molar-refractivity contribution in [1.82, 2.24) is 5.32 Å². The third-order valence-corrected chi connectivity index (χ3v) is 4.83. The molecule has 0 saturated heterocycles. The Hall–Kier alpha value is -2.28. The van der Waals surface area contributed by atoms with Crippen LogP contribution >= 0.6 is 12.4 Å². The van der Waals surface area contributed by atoms with E-state index >= 15 is 0 Å². The van der Waals surface area contributed by atoms with Crippen LogP contribution in [0.2, 0.25) is 0 Å². The summed E-state index contributed by atoms with van der Waals surface area (Å²) in [5.41, 5.74) is 6.31. The Morgan fingerprint density at radius 1 is 1.18 bits per heavy atom. The molecule has 2 rings (SSSR count). The predicted molar refractivity (Wildman–Crippen MR) is 110 cm³/mol. The van der Waals surface area contributed by atoms with Gasteiger partial charge in [0, 0.05) is 13.0 Å². The Balaban J connectivity index is 0.00000392. The minimum absolute atomic E-state index is 0. The van der Waals surface area contributed by atoms with E-state index in [4.69, 9.17) is 20.6 Å². The lowest BCUT2D eigenvalue weighted by Crippen LogP contribution is -2.36. The average molecular weight is 412 g/mol. The molecule has 7 nitrogen and oxygen atoms in total. The second-order valence-corrected chi connectivity index (χ2v) is 6.88. The normalized spacial score (nSPS) is 18.5. The Labute approximate surface area is 172 Å². The van der Waals surface area contributed by atoms with E-state index in [1.807, 2.05) is 12.1 Å². The summed E-state index contributed by atoms with van der Waals surface area (Å²) in [6, 6.07) is 7.26. The third-order valence-electron chi connectivity index (χ3n) is 4.83. The van der Waals surface area contributed by atoms with Crippen molar-refractivity contribution in [2.75, 3.05) is 13.2 Å². The molecule has 0 atom stereocenters. The van der Waals surface area contributed by atoms with E-state index in [9.17, 15) is 9.59 Å². The second-order valence-electron chi connectivity index (χ2n) is 6.88. The van der Waals surface area contributed by atoms with Gasteiger partial charge in [-0.05, 0) is 62.6 Å². The number of hydrogen-bond donors (Lipinski definition) is 3. The van der Waals surface area contributed by atoms with Crippen molar-refractivity contribution in [3.05, 3.63) is 29.8 Å². The van der Waals surface area contributed by atoms with Gasteiger partial charge in [-0.15, -0.1) is 12.4 Å². The Morgan fingerprint density at radius 2 is 1.82 bits per heavy atom. The van der Waals surface area contributed by atoms with Crippen molar-refractivity contribution in [3.63, 3.8) is 0 Å². The van der Waals surface area contributed by atoms with Crippen LogP contribution < -0.4 is 15.8 Å². The minimum Gasteiger partial charge on any atom is -0.466 e. The number of carbonyl (C=O) groups is 2. The molecule has 156 valence electrons. The zero-order chi connectivity index (χ0) is 19.6. The van der Waals surface area contributed by atoms with E-state index in [0.717, 1.165) is 31.2 Å². The molecule has 0 aromatic heterocycles. The van der Waals surface area contributed by atoms with Gasteiger partial charge >= 0.3 is 11.9 Å². The molecular formula is C20H30ClN3O4. The quantitative estimate of drug-likeness (QED) is 0.262. The van der Waals surface area contributed by atoms with Gasteiger partial charge < -0.3 is 20.5 Å². The van der Waals surface area contributed by atoms with E-state index in [1.165, 1.54) is 0 Å². The zero-order valence-corrected chi connectivity index (χ0v) is 17.1. The van der Waals surface area contributed by atoms with Crippen molar-refractivity contribution in [2.24, 2.45) is 17.6 Å². The topological polar surface area (TPSA) is 114 Å². The second kappa shape index (κ2) is 12.2. The number of guanidine groups is 1. The van der Waals surface area contributed by atoms with Crippen molar-refractivity contribution in [2.45, 2.75) is 45.4 Å². The van der Waals surface area contributed by atoms with Gasteiger partial charge in [-0.1, -0.05) is 12.1 Å². The number of esters is 2. The molecular weight excluding hydrogens is 382 g/mol. The molecule has 8 heteroatoms. The minimum atomic E-state index is -0.206. The molecule has 1 aromatic carbocycles. The average Bonchev–Trinajstić information content (AvgIpc) is 2.66. The molecule has 0 amide bonds. The number of nitrogens with two attached hydrogens (primary N) is 1. The van der Waals surface area contributed by atoms with E-state index < -0.39 is 0 Å². The van der Waals surface area contributed by atoms with E-state index in [2.05, 4.69) is 5.32 Å². The molecule has 1 aromatic rings. The lowest BCUT2D eigenvalue weighted by atomic mass is 9.82. The van der Waals surface area contributed by atoms with Crippen molar-refractivity contribution in [1.29, 1.82) is 5.41 Å². The van der Waals surface area contributed by atoms with Crippen LogP contribution in [0.5, 0.6) is 5.75 Å². The van der Waals surface area contributed by atoms with Gasteiger partial charge in [0.2, 0.25) is 0 Å². The first-order chi connectivity index (χ1) is 13.0. The lowest BCUT2D eigenvalue weighted by Gasteiger charge is -2.27. The van der Waals surface area contributed by atoms with Crippen LogP contribution in [0.3, 0.4) is 0 Å². The number of nitrogens with one attached hydrogen (secondary N) is 2. The Morgan fingerprint density at radius 3 is 2.39 bits per heavy atom. The molecule has 0 radical (unpaired) electrons. The zero-order valence-electron chi connectivity index (χ0n) is 16.2. The number of carbonyl (C=O) groups excluding carboxylic acids is 2. The Kier molecular flexibility index (Phi) is 10.4. The van der Waals surface area contributed by atoms with Crippen LogP contribution in [0, 0.1) is 17.2 Å². The summed E-state index contributed by atoms with van der Waals surface area (Å²) < 4.78 is 10.4. The van der Waals surface area contributed by atoms with Crippen molar-refractivity contribution < 1.29 is 19.1 Å². The molecule has 0 unspecified atom stereocenters. The fourth-order valence-electron chi connectivity index (χ4n) is 3.26. The molecule has 1 saturated carbocycles. The Bertz CT molecular complexity index is 643. The van der Waals surface area contributed by atoms with Crippen LogP contribution in [0.1, 0.15) is 44.6 Å². The molecule has 4 N–H and O–H groups in total. The summed E-state index contributed by atoms with van der Waals surface area (Å²) in [5, 5.41) is 10.0. The van der Waals surface area contributed by atoms with Gasteiger partial charge in [0.15, 0.2) is 5.96 Å². The highest BCUT2D eigenvalue weighted by atomic mass is 35.5. The summed E-state index contributed by atoms with van der Waals surface area (Å²) >= 11 is 0. The van der Waals surface area contributed by atoms with E-state index in [0.29, 0.717) is 37.7 Å². The largest absolute Gasteiger partial charge is 0.466 e. The first kappa shape index (κ1) is 23.8. The van der Waals surface area contributed by atoms with E-state index in [1.54, 1.807) is 19.1 Å². The number of halogens is 1. The van der Waals surface area contributed by atoms with Crippen LogP contribution in [0.4, 0.5) is 0 Å². The number of rotatable bonds is 8. The highest BCUT2D eigenvalue weighted by Crippen LogP contribution is 2.29. The fourth-order valence-corrected chi connectivity index (χ4v) is 3.26. The maximum atomic E-state index is 12.4. The molecule has 28 heavy (non-hydrogen) atoms. The van der Waals surface area contributed by atoms with Gasteiger partial charge in [-0.2, -0.15) is 0 Å². The molecule has 1 aliphatic carbocycles. The van der Waals surface area contributed by atoms with Crippen molar-refractivity contribution >= 4 is 30.3 Å². The first-order valence-corrected chi connectivity index (χ1v) is 9.52. The molecule has 0 heterocycles. The maximum Gasteiger partial charge on any atom is 0.314 e. The summed E-state index contributed by atoms with van der Waals surface area (Å²) in [4.78, 5) is 23.7. The molecule has 0 bridgehead atoms. The summed E-state index contributed by atoms with van der Waals surface area (Å²) in [6.07, 6.45) is 4.38. The molecule has 0 aliphatic heterocycles. The van der Waals surface area contributed by atoms with Gasteiger partial charge in [0.1, 0.15) is 5.75 Å². The van der Waals surface area contributed by atoms with Gasteiger partial charge in [0.05, 0.1) is 12.5 Å². The summed E-state index contributed by atoms with van der Waals surface area (Å²) in [6.45, 7) is 2.86. The van der Waals surface area contributed by atoms with Crippen LogP contribution in [-0.2, 0) is 20.7 Å². The van der Waals surface area contributed by atoms with Crippen LogP contribution in [0.25, 0.3) is 0 Å². The monoisotopic (exact) mass is 411 g/mol. The number of hydrogen-bond acceptors (Lipinski definition) is 5. The molecule has 0 spiro atoms.